The van der Waals surface area contributed by atoms with Crippen LogP contribution in [0.5, 0.6) is 0 Å². The average molecular weight is 505 g/mol. The molecule has 0 radical (unpaired) electrons. The molecule has 166 valence electrons. The molecule has 0 amide bonds. The number of nitrogens with zero attached hydrogens (tertiary/aromatic N) is 5. The summed E-state index contributed by atoms with van der Waals surface area (Å²) in [6.07, 6.45) is 2.88. The van der Waals surface area contributed by atoms with Gasteiger partial charge in [0, 0.05) is 0 Å². The highest BCUT2D eigenvalue weighted by Crippen LogP contribution is 2.32. The van der Waals surface area contributed by atoms with Crippen LogP contribution in [0.1, 0.15) is 18.8 Å². The predicted molar refractivity (Wildman–Crippen MR) is 126 cm³/mol. The summed E-state index contributed by atoms with van der Waals surface area (Å²) in [5.41, 5.74) is 0.982. The molecule has 5 aromatic rings. The van der Waals surface area contributed by atoms with Gasteiger partial charge >= 0.3 is 0 Å². The van der Waals surface area contributed by atoms with Crippen LogP contribution in [-0.4, -0.2) is 29.5 Å². The SMILES string of the molecule is CC(Nc1ncnc2[nH]cnc12)c1nc2ccc(F)c(Cl)c2c(=O)n1-c1cccc(Cl)c1Cl. The van der Waals surface area contributed by atoms with E-state index in [9.17, 15) is 9.18 Å². The first-order valence-electron chi connectivity index (χ1n) is 9.62. The molecular formula is C21H13Cl3FN7O. The Kier molecular flexibility index (Phi) is 5.40. The van der Waals surface area contributed by atoms with Gasteiger partial charge in [-0.05, 0) is 31.2 Å². The van der Waals surface area contributed by atoms with Crippen LogP contribution in [-0.2, 0) is 0 Å². The molecule has 0 saturated heterocycles. The van der Waals surface area contributed by atoms with Gasteiger partial charge in [-0.3, -0.25) is 9.36 Å². The number of fused-ring (bicyclic) bond motifs is 2. The molecule has 3 heterocycles. The number of anilines is 1. The Balaban J connectivity index is 1.77. The van der Waals surface area contributed by atoms with Gasteiger partial charge in [-0.25, -0.2) is 24.3 Å². The van der Waals surface area contributed by atoms with E-state index in [1.165, 1.54) is 23.3 Å². The highest BCUT2D eigenvalue weighted by molar-refractivity contribution is 6.43. The second-order valence-corrected chi connectivity index (χ2v) is 8.29. The zero-order valence-corrected chi connectivity index (χ0v) is 19.0. The molecule has 2 aromatic carbocycles. The van der Waals surface area contributed by atoms with E-state index in [4.69, 9.17) is 34.8 Å². The molecule has 5 rings (SSSR count). The summed E-state index contributed by atoms with van der Waals surface area (Å²) in [4.78, 5) is 33.8. The standard InChI is InChI=1S/C21H13Cl3FN7O/c1-9(30-19-17-18(27-7-26-17)28-8-29-19)20-31-12-6-5-11(25)16(24)14(12)21(33)32(20)13-4-2-3-10(22)15(13)23/h2-9H,1H3,(H2,26,27,28,29,30). The van der Waals surface area contributed by atoms with Crippen molar-refractivity contribution in [3.8, 4) is 5.69 Å². The number of hydrogen-bond acceptors (Lipinski definition) is 6. The largest absolute Gasteiger partial charge is 0.358 e. The summed E-state index contributed by atoms with van der Waals surface area (Å²) in [6, 6.07) is 6.84. The van der Waals surface area contributed by atoms with Gasteiger partial charge < -0.3 is 10.3 Å². The van der Waals surface area contributed by atoms with Crippen LogP contribution in [0.25, 0.3) is 27.8 Å². The molecule has 1 atom stereocenters. The lowest BCUT2D eigenvalue weighted by molar-refractivity contribution is 0.629. The fourth-order valence-electron chi connectivity index (χ4n) is 3.55. The monoisotopic (exact) mass is 503 g/mol. The third-order valence-electron chi connectivity index (χ3n) is 5.08. The number of hydrogen-bond donors (Lipinski definition) is 2. The van der Waals surface area contributed by atoms with Crippen molar-refractivity contribution in [1.29, 1.82) is 0 Å². The maximum Gasteiger partial charge on any atom is 0.267 e. The van der Waals surface area contributed by atoms with Gasteiger partial charge in [0.05, 0.1) is 44.0 Å². The van der Waals surface area contributed by atoms with Crippen LogP contribution in [0, 0.1) is 5.82 Å². The molecule has 2 N–H and O–H groups in total. The van der Waals surface area contributed by atoms with Crippen molar-refractivity contribution in [2.45, 2.75) is 13.0 Å². The molecule has 1 unspecified atom stereocenters. The van der Waals surface area contributed by atoms with Gasteiger partial charge in [0.25, 0.3) is 5.56 Å². The minimum Gasteiger partial charge on any atom is -0.358 e. The second kappa shape index (κ2) is 8.26. The van der Waals surface area contributed by atoms with Gasteiger partial charge in [0.2, 0.25) is 0 Å². The van der Waals surface area contributed by atoms with Crippen LogP contribution >= 0.6 is 34.8 Å². The predicted octanol–water partition coefficient (Wildman–Crippen LogP) is 5.32. The first-order chi connectivity index (χ1) is 15.9. The lowest BCUT2D eigenvalue weighted by Gasteiger charge is -2.21. The van der Waals surface area contributed by atoms with E-state index in [1.807, 2.05) is 0 Å². The lowest BCUT2D eigenvalue weighted by Crippen LogP contribution is -2.28. The van der Waals surface area contributed by atoms with Gasteiger partial charge in [-0.1, -0.05) is 40.9 Å². The Bertz CT molecular complexity index is 1600. The number of halogens is 4. The highest BCUT2D eigenvalue weighted by atomic mass is 35.5. The fourth-order valence-corrected chi connectivity index (χ4v) is 4.18. The number of imidazole rings is 1. The van der Waals surface area contributed by atoms with E-state index in [2.05, 4.69) is 30.2 Å². The quantitative estimate of drug-likeness (QED) is 0.343. The Hall–Kier alpha value is -3.27. The summed E-state index contributed by atoms with van der Waals surface area (Å²) in [5, 5.41) is 3.20. The van der Waals surface area contributed by atoms with Crippen LogP contribution in [0.3, 0.4) is 0 Å². The van der Waals surface area contributed by atoms with E-state index in [1.54, 1.807) is 25.1 Å². The Labute approximate surface area is 200 Å². The Morgan fingerprint density at radius 1 is 1.09 bits per heavy atom. The second-order valence-electron chi connectivity index (χ2n) is 7.13. The Morgan fingerprint density at radius 3 is 2.73 bits per heavy atom. The number of benzene rings is 2. The van der Waals surface area contributed by atoms with Crippen LogP contribution in [0.15, 0.2) is 47.8 Å². The topological polar surface area (TPSA) is 101 Å². The van der Waals surface area contributed by atoms with Gasteiger partial charge in [0.1, 0.15) is 23.5 Å². The maximum absolute atomic E-state index is 14.2. The van der Waals surface area contributed by atoms with Crippen molar-refractivity contribution in [2.24, 2.45) is 0 Å². The minimum absolute atomic E-state index is 0.0691. The van der Waals surface area contributed by atoms with Crippen molar-refractivity contribution >= 4 is 62.7 Å². The van der Waals surface area contributed by atoms with Gasteiger partial charge in [-0.15, -0.1) is 0 Å². The van der Waals surface area contributed by atoms with Crippen molar-refractivity contribution in [1.82, 2.24) is 29.5 Å². The molecule has 0 aliphatic rings. The van der Waals surface area contributed by atoms with Crippen molar-refractivity contribution < 1.29 is 4.39 Å². The molecule has 0 aliphatic heterocycles. The molecule has 0 fully saturated rings. The van der Waals surface area contributed by atoms with E-state index >= 15 is 0 Å². The molecule has 3 aromatic heterocycles. The molecular weight excluding hydrogens is 492 g/mol. The molecule has 12 heteroatoms. The maximum atomic E-state index is 14.2. The number of rotatable bonds is 4. The fraction of sp³-hybridized carbons (Fsp3) is 0.0952. The lowest BCUT2D eigenvalue weighted by atomic mass is 10.2. The number of H-pyrrole nitrogens is 1. The van der Waals surface area contributed by atoms with E-state index in [0.717, 1.165) is 6.07 Å². The van der Waals surface area contributed by atoms with E-state index < -0.39 is 17.4 Å². The number of aromatic nitrogens is 6. The third-order valence-corrected chi connectivity index (χ3v) is 6.26. The molecule has 0 aliphatic carbocycles. The number of nitrogens with one attached hydrogen (secondary N) is 2. The normalized spacial score (nSPS) is 12.4. The van der Waals surface area contributed by atoms with Crippen molar-refractivity contribution in [3.05, 3.63) is 80.0 Å². The molecule has 33 heavy (non-hydrogen) atoms. The highest BCUT2D eigenvalue weighted by Gasteiger charge is 2.23. The smallest absolute Gasteiger partial charge is 0.267 e. The summed E-state index contributed by atoms with van der Waals surface area (Å²) in [7, 11) is 0. The Morgan fingerprint density at radius 2 is 1.91 bits per heavy atom. The van der Waals surface area contributed by atoms with Crippen LogP contribution in [0.2, 0.25) is 15.1 Å². The molecule has 0 spiro atoms. The third kappa shape index (κ3) is 3.58. The van der Waals surface area contributed by atoms with E-state index in [0.29, 0.717) is 17.0 Å². The van der Waals surface area contributed by atoms with Gasteiger partial charge in [0.15, 0.2) is 11.5 Å². The van der Waals surface area contributed by atoms with Gasteiger partial charge in [-0.2, -0.15) is 0 Å². The molecule has 0 bridgehead atoms. The average Bonchev–Trinajstić information content (AvgIpc) is 3.28. The first-order valence-corrected chi connectivity index (χ1v) is 10.8. The van der Waals surface area contributed by atoms with Crippen LogP contribution in [0.4, 0.5) is 10.2 Å². The molecule has 8 nitrogen and oxygen atoms in total. The summed E-state index contributed by atoms with van der Waals surface area (Å²) in [6.45, 7) is 1.79. The summed E-state index contributed by atoms with van der Waals surface area (Å²) >= 11 is 18.8. The van der Waals surface area contributed by atoms with E-state index in [-0.39, 0.29) is 37.5 Å². The van der Waals surface area contributed by atoms with Crippen LogP contribution < -0.4 is 10.9 Å². The molecule has 0 saturated carbocycles. The van der Waals surface area contributed by atoms with Crippen molar-refractivity contribution in [2.75, 3.05) is 5.32 Å². The first kappa shape index (κ1) is 21.6. The van der Waals surface area contributed by atoms with Crippen molar-refractivity contribution in [3.63, 3.8) is 0 Å². The summed E-state index contributed by atoms with van der Waals surface area (Å²) < 4.78 is 15.4. The zero-order valence-electron chi connectivity index (χ0n) is 16.8. The number of aromatic amines is 1. The minimum atomic E-state index is -0.729. The zero-order chi connectivity index (χ0) is 23.3. The summed E-state index contributed by atoms with van der Waals surface area (Å²) in [5.74, 6) is -0.0155.